The van der Waals surface area contributed by atoms with E-state index < -0.39 is 22.0 Å². The fourth-order valence-electron chi connectivity index (χ4n) is 3.79. The number of amides is 1. The Morgan fingerprint density at radius 3 is 2.33 bits per heavy atom. The quantitative estimate of drug-likeness (QED) is 0.323. The fraction of sp³-hybridized carbons (Fsp3) is 0.0741. The Morgan fingerprint density at radius 2 is 1.56 bits per heavy atom. The van der Waals surface area contributed by atoms with Crippen molar-refractivity contribution in [2.75, 3.05) is 16.2 Å². The van der Waals surface area contributed by atoms with Crippen molar-refractivity contribution in [2.45, 2.75) is 20.8 Å². The van der Waals surface area contributed by atoms with Crippen LogP contribution in [0.2, 0.25) is 5.02 Å². The molecule has 1 amide bonds. The van der Waals surface area contributed by atoms with Crippen molar-refractivity contribution in [2.24, 2.45) is 0 Å². The molecule has 1 N–H and O–H groups in total. The molecule has 1 atom stereocenters. The Labute approximate surface area is 218 Å². The maximum atomic E-state index is 13.5. The van der Waals surface area contributed by atoms with Crippen LogP contribution < -0.4 is 14.4 Å². The van der Waals surface area contributed by atoms with Crippen LogP contribution in [0.15, 0.2) is 118 Å². The zero-order chi connectivity index (χ0) is 25.1. The van der Waals surface area contributed by atoms with Gasteiger partial charge in [-0.25, -0.2) is 8.42 Å². The highest BCUT2D eigenvalue weighted by atomic mass is 35.5. The highest BCUT2D eigenvalue weighted by Gasteiger charge is 2.37. The number of halogens is 1. The van der Waals surface area contributed by atoms with Crippen molar-refractivity contribution in [3.63, 3.8) is 0 Å². The molecule has 5 rings (SSSR count). The third-order valence-electron chi connectivity index (χ3n) is 5.54. The molecule has 4 aromatic carbocycles. The normalized spacial score (nSPS) is 15.0. The zero-order valence-corrected chi connectivity index (χ0v) is 21.3. The maximum absolute atomic E-state index is 13.5. The van der Waals surface area contributed by atoms with E-state index in [-0.39, 0.29) is 11.4 Å². The van der Waals surface area contributed by atoms with Crippen LogP contribution in [0.4, 0.5) is 11.4 Å². The van der Waals surface area contributed by atoms with E-state index in [4.69, 9.17) is 16.3 Å². The number of benzene rings is 4. The predicted molar refractivity (Wildman–Crippen MR) is 142 cm³/mol. The Balaban J connectivity index is 1.42. The first-order valence-electron chi connectivity index (χ1n) is 11.1. The van der Waals surface area contributed by atoms with Crippen LogP contribution in [0.3, 0.4) is 0 Å². The monoisotopic (exact) mass is 536 g/mol. The van der Waals surface area contributed by atoms with Crippen LogP contribution in [-0.4, -0.2) is 27.0 Å². The summed E-state index contributed by atoms with van der Waals surface area (Å²) in [6.45, 7) is -0.179. The fourth-order valence-corrected chi connectivity index (χ4v) is 6.31. The van der Waals surface area contributed by atoms with Crippen LogP contribution in [0.1, 0.15) is 0 Å². The Bertz CT molecular complexity index is 1500. The summed E-state index contributed by atoms with van der Waals surface area (Å²) in [5.74, 6) is -0.129. The van der Waals surface area contributed by atoms with Gasteiger partial charge in [0, 0.05) is 14.8 Å². The molecule has 0 saturated carbocycles. The molecule has 6 nitrogen and oxygen atoms in total. The summed E-state index contributed by atoms with van der Waals surface area (Å²) in [7, 11) is -3.97. The van der Waals surface area contributed by atoms with Crippen LogP contribution >= 0.6 is 23.4 Å². The molecule has 0 saturated heterocycles. The average molecular weight is 537 g/mol. The summed E-state index contributed by atoms with van der Waals surface area (Å²) in [6, 6.07) is 30.0. The van der Waals surface area contributed by atoms with E-state index in [1.807, 2.05) is 54.6 Å². The minimum Gasteiger partial charge on any atom is -0.476 e. The summed E-state index contributed by atoms with van der Waals surface area (Å²) in [5.41, 5.74) is 0.988. The number of hydrogen-bond acceptors (Lipinski definition) is 5. The number of rotatable bonds is 6. The van der Waals surface area contributed by atoms with Crippen LogP contribution in [0.25, 0.3) is 0 Å². The molecule has 0 bridgehead atoms. The van der Waals surface area contributed by atoms with Crippen molar-refractivity contribution in [1.82, 2.24) is 0 Å². The number of sulfonamides is 1. The minimum absolute atomic E-state index is 0.0763. The van der Waals surface area contributed by atoms with Gasteiger partial charge in [-0.3, -0.25) is 9.10 Å². The topological polar surface area (TPSA) is 75.7 Å². The van der Waals surface area contributed by atoms with E-state index >= 15 is 0 Å². The van der Waals surface area contributed by atoms with E-state index in [9.17, 15) is 13.2 Å². The number of para-hydroxylation sites is 3. The summed E-state index contributed by atoms with van der Waals surface area (Å²) < 4.78 is 34.2. The Morgan fingerprint density at radius 1 is 0.889 bits per heavy atom. The third-order valence-corrected chi connectivity index (χ3v) is 8.67. The first-order valence-corrected chi connectivity index (χ1v) is 13.7. The number of fused-ring (bicyclic) bond motifs is 1. The molecular formula is C27H21ClN2O4S2. The molecule has 9 heteroatoms. The molecule has 1 aliphatic rings. The number of hydrogen-bond donors (Lipinski definition) is 1. The molecule has 182 valence electrons. The van der Waals surface area contributed by atoms with Gasteiger partial charge in [0.2, 0.25) is 0 Å². The first-order chi connectivity index (χ1) is 17.4. The van der Waals surface area contributed by atoms with E-state index in [1.54, 1.807) is 24.3 Å². The first kappa shape index (κ1) is 24.2. The molecule has 0 aliphatic carbocycles. The molecule has 0 fully saturated rings. The summed E-state index contributed by atoms with van der Waals surface area (Å²) in [6.07, 6.45) is -1.06. The van der Waals surface area contributed by atoms with Gasteiger partial charge in [0.15, 0.2) is 6.10 Å². The molecule has 0 spiro atoms. The molecule has 0 aromatic heterocycles. The highest BCUT2D eigenvalue weighted by Crippen LogP contribution is 2.38. The summed E-state index contributed by atoms with van der Waals surface area (Å²) in [4.78, 5) is 15.3. The molecule has 4 aromatic rings. The minimum atomic E-state index is -3.97. The van der Waals surface area contributed by atoms with Gasteiger partial charge in [-0.1, -0.05) is 65.8 Å². The number of carbonyl (C=O) groups is 1. The van der Waals surface area contributed by atoms with Gasteiger partial charge < -0.3 is 10.1 Å². The van der Waals surface area contributed by atoms with E-state index in [0.717, 1.165) is 9.79 Å². The molecule has 36 heavy (non-hydrogen) atoms. The standard InChI is InChI=1S/C27H21ClN2O4S2/c28-19-14-16-21(17-15-19)36(32,33)30-18-25(34-24-12-6-5-11-23(24)30)27(31)29-22-10-4-7-13-26(22)35-20-8-2-1-3-9-20/h1-17,25H,18H2,(H,29,31). The van der Waals surface area contributed by atoms with Crippen molar-refractivity contribution in [1.29, 1.82) is 0 Å². The summed E-state index contributed by atoms with van der Waals surface area (Å²) >= 11 is 7.47. The number of ether oxygens (including phenoxy) is 1. The number of anilines is 2. The number of nitrogens with zero attached hydrogens (tertiary/aromatic N) is 1. The average Bonchev–Trinajstić information content (AvgIpc) is 2.90. The van der Waals surface area contributed by atoms with Gasteiger partial charge in [-0.05, 0) is 60.7 Å². The second-order valence-corrected chi connectivity index (χ2v) is 11.4. The number of carbonyl (C=O) groups excluding carboxylic acids is 1. The van der Waals surface area contributed by atoms with Gasteiger partial charge in [0.1, 0.15) is 5.75 Å². The smallest absolute Gasteiger partial charge is 0.267 e. The second-order valence-electron chi connectivity index (χ2n) is 7.96. The van der Waals surface area contributed by atoms with E-state index in [1.165, 1.54) is 40.3 Å². The molecule has 0 radical (unpaired) electrons. The van der Waals surface area contributed by atoms with Gasteiger partial charge in [0.25, 0.3) is 15.9 Å². The Hall–Kier alpha value is -3.46. The van der Waals surface area contributed by atoms with Gasteiger partial charge in [-0.2, -0.15) is 0 Å². The van der Waals surface area contributed by atoms with Crippen LogP contribution in [0, 0.1) is 0 Å². The highest BCUT2D eigenvalue weighted by molar-refractivity contribution is 7.99. The van der Waals surface area contributed by atoms with Crippen molar-refractivity contribution < 1.29 is 17.9 Å². The second kappa shape index (κ2) is 10.3. The lowest BCUT2D eigenvalue weighted by atomic mass is 10.2. The zero-order valence-electron chi connectivity index (χ0n) is 18.9. The Kier molecular flexibility index (Phi) is 6.91. The lowest BCUT2D eigenvalue weighted by molar-refractivity contribution is -0.122. The van der Waals surface area contributed by atoms with Crippen molar-refractivity contribution in [3.8, 4) is 5.75 Å². The lowest BCUT2D eigenvalue weighted by Gasteiger charge is -2.34. The van der Waals surface area contributed by atoms with Crippen molar-refractivity contribution in [3.05, 3.63) is 108 Å². The largest absolute Gasteiger partial charge is 0.476 e. The van der Waals surface area contributed by atoms with Crippen LogP contribution in [0.5, 0.6) is 5.75 Å². The maximum Gasteiger partial charge on any atom is 0.267 e. The lowest BCUT2D eigenvalue weighted by Crippen LogP contribution is -2.48. The third kappa shape index (κ3) is 5.06. The molecule has 1 heterocycles. The van der Waals surface area contributed by atoms with E-state index in [2.05, 4.69) is 5.32 Å². The predicted octanol–water partition coefficient (Wildman–Crippen LogP) is 6.09. The number of nitrogens with one attached hydrogen (secondary N) is 1. The SMILES string of the molecule is O=C(Nc1ccccc1Sc1ccccc1)C1CN(S(=O)(=O)c2ccc(Cl)cc2)c2ccccc2O1. The molecule has 1 aliphatic heterocycles. The summed E-state index contributed by atoms with van der Waals surface area (Å²) in [5, 5.41) is 3.36. The van der Waals surface area contributed by atoms with E-state index in [0.29, 0.717) is 22.1 Å². The van der Waals surface area contributed by atoms with Gasteiger partial charge in [0.05, 0.1) is 22.8 Å². The van der Waals surface area contributed by atoms with Crippen molar-refractivity contribution >= 4 is 50.7 Å². The molecule has 1 unspecified atom stereocenters. The van der Waals surface area contributed by atoms with Gasteiger partial charge >= 0.3 is 0 Å². The van der Waals surface area contributed by atoms with Crippen LogP contribution in [-0.2, 0) is 14.8 Å². The molecular weight excluding hydrogens is 516 g/mol. The van der Waals surface area contributed by atoms with Gasteiger partial charge in [-0.15, -0.1) is 0 Å².